The Hall–Kier alpha value is -1.82. The van der Waals surface area contributed by atoms with Crippen molar-refractivity contribution < 1.29 is 49.0 Å². The van der Waals surface area contributed by atoms with Crippen molar-refractivity contribution in [2.75, 3.05) is 19.8 Å². The monoisotopic (exact) mass is 783 g/mol. The van der Waals surface area contributed by atoms with Gasteiger partial charge in [0.15, 0.2) is 12.4 Å². The quantitative estimate of drug-likeness (QED) is 0.0273. The predicted molar refractivity (Wildman–Crippen MR) is 219 cm³/mol. The van der Waals surface area contributed by atoms with Crippen molar-refractivity contribution in [1.29, 1.82) is 0 Å². The van der Waals surface area contributed by atoms with Gasteiger partial charge in [0.05, 0.1) is 13.2 Å². The first-order chi connectivity index (χ1) is 26.8. The third-order valence-corrected chi connectivity index (χ3v) is 10.3. The fraction of sp³-hybridized carbons (Fsp3) is 0.867. The summed E-state index contributed by atoms with van der Waals surface area (Å²) < 4.78 is 22.1. The van der Waals surface area contributed by atoms with Crippen LogP contribution < -0.4 is 0 Å². The Balaban J connectivity index is 2.35. The van der Waals surface area contributed by atoms with Gasteiger partial charge in [0.25, 0.3) is 0 Å². The number of aliphatic hydroxyl groups excluding tert-OH is 4. The zero-order chi connectivity index (χ0) is 40.2. The Morgan fingerprint density at radius 2 is 0.964 bits per heavy atom. The number of carbonyl (C=O) groups is 2. The smallest absolute Gasteiger partial charge is 0.306 e. The number of ether oxygens (including phenoxy) is 4. The lowest BCUT2D eigenvalue weighted by molar-refractivity contribution is -0.305. The largest absolute Gasteiger partial charge is 0.462 e. The number of esters is 2. The molecule has 0 aliphatic carbocycles. The summed E-state index contributed by atoms with van der Waals surface area (Å²) in [6.45, 7) is 3.39. The van der Waals surface area contributed by atoms with Gasteiger partial charge in [-0.2, -0.15) is 0 Å². The Kier molecular flexibility index (Phi) is 34.0. The average Bonchev–Trinajstić information content (AvgIpc) is 3.18. The summed E-state index contributed by atoms with van der Waals surface area (Å²) in [5, 5.41) is 40.0. The number of hydrogen-bond acceptors (Lipinski definition) is 10. The summed E-state index contributed by atoms with van der Waals surface area (Å²) >= 11 is 0. The highest BCUT2D eigenvalue weighted by molar-refractivity contribution is 5.70. The number of aliphatic hydroxyl groups is 4. The van der Waals surface area contributed by atoms with Crippen LogP contribution >= 0.6 is 0 Å². The van der Waals surface area contributed by atoms with E-state index in [1.54, 1.807) is 0 Å². The molecule has 0 radical (unpaired) electrons. The van der Waals surface area contributed by atoms with Gasteiger partial charge in [0.2, 0.25) is 0 Å². The number of carbonyl (C=O) groups excluding carboxylic acids is 2. The standard InChI is InChI=1S/C45H82O10/c1-3-5-7-9-11-13-15-17-19-21-23-25-27-29-31-33-40(47)52-36-38(37-53-45-44(51)43(50)42(49)39(35-46)55-45)54-41(48)34-32-30-28-26-24-22-20-18-16-14-12-10-8-6-4-2/h14,16,23,25,38-39,42-46,49-51H,3-13,15,17-22,24,26-37H2,1-2H3/b16-14+,25-23+/t38-,39-,42+,43?,44?,45-/m0/s1. The van der Waals surface area contributed by atoms with Crippen LogP contribution in [0.25, 0.3) is 0 Å². The molecule has 0 aromatic rings. The molecule has 1 fully saturated rings. The molecule has 6 atom stereocenters. The SMILES string of the molecule is CCCCCC/C=C/CCCCCCCCCC(=O)O[C@@H](COC(=O)CCCC/C=C/CCCCCCCCCCC)CO[C@H]1O[C@@H](CO)[C@@H](O)C(O)C1O. The highest BCUT2D eigenvalue weighted by Crippen LogP contribution is 2.22. The molecule has 10 heteroatoms. The fourth-order valence-electron chi connectivity index (χ4n) is 6.71. The molecule has 1 rings (SSSR count). The van der Waals surface area contributed by atoms with Gasteiger partial charge in [0.1, 0.15) is 31.0 Å². The topological polar surface area (TPSA) is 152 Å². The van der Waals surface area contributed by atoms with Gasteiger partial charge < -0.3 is 39.4 Å². The molecule has 1 saturated heterocycles. The predicted octanol–water partition coefficient (Wildman–Crippen LogP) is 9.33. The summed E-state index contributed by atoms with van der Waals surface area (Å²) in [7, 11) is 0. The lowest BCUT2D eigenvalue weighted by Gasteiger charge is -2.39. The van der Waals surface area contributed by atoms with Crippen molar-refractivity contribution >= 4 is 11.9 Å². The highest BCUT2D eigenvalue weighted by atomic mass is 16.7. The van der Waals surface area contributed by atoms with E-state index in [9.17, 15) is 30.0 Å². The lowest BCUT2D eigenvalue weighted by atomic mass is 9.99. The van der Waals surface area contributed by atoms with Crippen LogP contribution in [0, 0.1) is 0 Å². The second kappa shape index (κ2) is 36.5. The van der Waals surface area contributed by atoms with Gasteiger partial charge in [-0.05, 0) is 64.2 Å². The molecule has 0 aromatic carbocycles. The second-order valence-corrected chi connectivity index (χ2v) is 15.5. The summed E-state index contributed by atoms with van der Waals surface area (Å²) in [5.41, 5.74) is 0. The fourth-order valence-corrected chi connectivity index (χ4v) is 6.71. The first-order valence-corrected chi connectivity index (χ1v) is 22.4. The van der Waals surface area contributed by atoms with Crippen molar-refractivity contribution in [1.82, 2.24) is 0 Å². The van der Waals surface area contributed by atoms with E-state index in [0.29, 0.717) is 12.8 Å². The minimum absolute atomic E-state index is 0.222. The van der Waals surface area contributed by atoms with E-state index in [2.05, 4.69) is 38.2 Å². The zero-order valence-corrected chi connectivity index (χ0v) is 34.9. The molecule has 4 N–H and O–H groups in total. The van der Waals surface area contributed by atoms with Gasteiger partial charge in [-0.1, -0.05) is 141 Å². The van der Waals surface area contributed by atoms with E-state index < -0.39 is 55.4 Å². The van der Waals surface area contributed by atoms with E-state index in [0.717, 1.165) is 44.9 Å². The van der Waals surface area contributed by atoms with Crippen LogP contribution in [0.5, 0.6) is 0 Å². The van der Waals surface area contributed by atoms with Crippen molar-refractivity contribution in [3.05, 3.63) is 24.3 Å². The van der Waals surface area contributed by atoms with Crippen LogP contribution in [0.3, 0.4) is 0 Å². The van der Waals surface area contributed by atoms with E-state index >= 15 is 0 Å². The maximum Gasteiger partial charge on any atom is 0.306 e. The number of allylic oxidation sites excluding steroid dienone is 4. The minimum atomic E-state index is -1.60. The first kappa shape index (κ1) is 51.2. The Labute approximate surface area is 334 Å². The normalized spacial score (nSPS) is 20.7. The molecule has 0 saturated carbocycles. The molecule has 55 heavy (non-hydrogen) atoms. The van der Waals surface area contributed by atoms with Crippen molar-refractivity contribution in [2.45, 2.75) is 230 Å². The van der Waals surface area contributed by atoms with Gasteiger partial charge >= 0.3 is 11.9 Å². The van der Waals surface area contributed by atoms with Crippen LogP contribution in [0.15, 0.2) is 24.3 Å². The van der Waals surface area contributed by atoms with E-state index in [1.165, 1.54) is 109 Å². The molecule has 1 aliphatic rings. The maximum absolute atomic E-state index is 12.8. The molecular formula is C45H82O10. The Morgan fingerprint density at radius 1 is 0.545 bits per heavy atom. The zero-order valence-electron chi connectivity index (χ0n) is 34.9. The maximum atomic E-state index is 12.8. The summed E-state index contributed by atoms with van der Waals surface area (Å²) in [6, 6.07) is 0. The molecule has 1 heterocycles. The van der Waals surface area contributed by atoms with E-state index in [-0.39, 0.29) is 26.1 Å². The molecule has 322 valence electrons. The van der Waals surface area contributed by atoms with Crippen molar-refractivity contribution in [2.24, 2.45) is 0 Å². The molecular weight excluding hydrogens is 700 g/mol. The molecule has 0 amide bonds. The molecule has 2 unspecified atom stereocenters. The van der Waals surface area contributed by atoms with Gasteiger partial charge in [-0.25, -0.2) is 0 Å². The Bertz CT molecular complexity index is 954. The summed E-state index contributed by atoms with van der Waals surface area (Å²) in [5.74, 6) is -0.833. The van der Waals surface area contributed by atoms with Crippen LogP contribution in [-0.2, 0) is 28.5 Å². The minimum Gasteiger partial charge on any atom is -0.462 e. The second-order valence-electron chi connectivity index (χ2n) is 15.5. The summed E-state index contributed by atoms with van der Waals surface area (Å²) in [4.78, 5) is 25.3. The number of unbranched alkanes of at least 4 members (excludes halogenated alkanes) is 22. The third kappa shape index (κ3) is 28.3. The third-order valence-electron chi connectivity index (χ3n) is 10.3. The lowest BCUT2D eigenvalue weighted by Crippen LogP contribution is -2.59. The number of hydrogen-bond donors (Lipinski definition) is 4. The summed E-state index contributed by atoms with van der Waals surface area (Å²) in [6.07, 6.45) is 31.8. The number of rotatable bonds is 37. The average molecular weight is 783 g/mol. The van der Waals surface area contributed by atoms with Gasteiger partial charge in [-0.15, -0.1) is 0 Å². The van der Waals surface area contributed by atoms with Crippen LogP contribution in [0.1, 0.15) is 194 Å². The molecule has 0 spiro atoms. The van der Waals surface area contributed by atoms with Crippen LogP contribution in [-0.4, -0.2) is 89.0 Å². The van der Waals surface area contributed by atoms with Crippen molar-refractivity contribution in [3.8, 4) is 0 Å². The van der Waals surface area contributed by atoms with Gasteiger partial charge in [-0.3, -0.25) is 9.59 Å². The highest BCUT2D eigenvalue weighted by Gasteiger charge is 2.44. The van der Waals surface area contributed by atoms with Crippen LogP contribution in [0.2, 0.25) is 0 Å². The van der Waals surface area contributed by atoms with Crippen molar-refractivity contribution in [3.63, 3.8) is 0 Å². The van der Waals surface area contributed by atoms with Crippen LogP contribution in [0.4, 0.5) is 0 Å². The molecule has 0 bridgehead atoms. The van der Waals surface area contributed by atoms with E-state index in [1.807, 2.05) is 0 Å². The Morgan fingerprint density at radius 3 is 1.47 bits per heavy atom. The van der Waals surface area contributed by atoms with Gasteiger partial charge in [0, 0.05) is 12.8 Å². The molecule has 1 aliphatic heterocycles. The molecule has 10 nitrogen and oxygen atoms in total. The first-order valence-electron chi connectivity index (χ1n) is 22.4. The molecule has 0 aromatic heterocycles. The van der Waals surface area contributed by atoms with E-state index in [4.69, 9.17) is 18.9 Å².